The van der Waals surface area contributed by atoms with E-state index in [1.54, 1.807) is 0 Å². The second-order valence-electron chi connectivity index (χ2n) is 19.2. The standard InChI is InChI=1S/C72H42N8/c73-41-53-54(42-74)67-63(51-37-21-7-22-38-51)71-59(47-29-13-3-14-30-47)60(48-31-15-4-16-32-48)72(80-71)64(52-39-23-8-24-40-52)68-56(44-76)55(43-75)66(78-68)62(50-35-19-6-20-36-50)70-58(46-27-11-2-12-28-46)57(45-25-9-1-10-26-45)69(79-70)61(65(53)77-67)49-33-17-5-18-34-49/h1-40,77-78H. The first-order valence-corrected chi connectivity index (χ1v) is 26.1. The van der Waals surface area contributed by atoms with E-state index in [0.717, 1.165) is 66.8 Å². The number of aromatic amines is 2. The van der Waals surface area contributed by atoms with Crippen LogP contribution in [-0.2, 0) is 0 Å². The van der Waals surface area contributed by atoms with E-state index < -0.39 is 0 Å². The summed E-state index contributed by atoms with van der Waals surface area (Å²) in [6.07, 6.45) is 0. The third-order valence-electron chi connectivity index (χ3n) is 14.8. The fourth-order valence-electron chi connectivity index (χ4n) is 11.4. The van der Waals surface area contributed by atoms with Gasteiger partial charge in [0.15, 0.2) is 0 Å². The van der Waals surface area contributed by atoms with Crippen molar-refractivity contribution < 1.29 is 0 Å². The lowest BCUT2D eigenvalue weighted by Crippen LogP contribution is -1.95. The first-order chi connectivity index (χ1) is 39.6. The maximum absolute atomic E-state index is 11.8. The Morgan fingerprint density at radius 2 is 0.388 bits per heavy atom. The van der Waals surface area contributed by atoms with Crippen molar-refractivity contribution in [1.29, 1.82) is 21.0 Å². The van der Waals surface area contributed by atoms with Gasteiger partial charge in [-0.15, -0.1) is 0 Å². The van der Waals surface area contributed by atoms with Gasteiger partial charge in [0.1, 0.15) is 24.3 Å². The van der Waals surface area contributed by atoms with Crippen LogP contribution >= 0.6 is 0 Å². The SMILES string of the molecule is N#Cc1c(C#N)c2[nH]c1c(-c1ccccc1)c1nc(c(-c3ccccc3)c3[nH]c(c(C#N)c3C#N)c(-c3ccccc3)c3nc(c2-c2ccccc2)C(c2ccccc2)=C3c2ccccc2)C(c2ccccc2)=C1c1ccccc1. The average Bonchev–Trinajstić information content (AvgIpc) is 4.11. The van der Waals surface area contributed by atoms with Gasteiger partial charge in [-0.2, -0.15) is 21.0 Å². The van der Waals surface area contributed by atoms with E-state index in [0.29, 0.717) is 67.1 Å². The molecule has 0 atom stereocenters. The molecule has 2 aliphatic heterocycles. The van der Waals surface area contributed by atoms with Crippen LogP contribution in [0.15, 0.2) is 243 Å². The molecule has 0 radical (unpaired) electrons. The summed E-state index contributed by atoms with van der Waals surface area (Å²) in [7, 11) is 0. The number of nitrogens with zero attached hydrogens (tertiary/aromatic N) is 6. The molecule has 2 N–H and O–H groups in total. The molecule has 13 rings (SSSR count). The normalized spacial score (nSPS) is 11.8. The maximum atomic E-state index is 11.8. The van der Waals surface area contributed by atoms with E-state index in [4.69, 9.17) is 9.97 Å². The molecule has 8 nitrogen and oxygen atoms in total. The second-order valence-corrected chi connectivity index (χ2v) is 19.2. The zero-order valence-electron chi connectivity index (χ0n) is 42.8. The van der Waals surface area contributed by atoms with Gasteiger partial charge in [0.05, 0.1) is 67.1 Å². The number of rotatable bonds is 8. The van der Waals surface area contributed by atoms with E-state index >= 15 is 0 Å². The number of fused-ring (bicyclic) bond motifs is 8. The minimum Gasteiger partial charge on any atom is -0.352 e. The first kappa shape index (κ1) is 48.0. The molecule has 0 fully saturated rings. The van der Waals surface area contributed by atoms with Crippen LogP contribution < -0.4 is 0 Å². The minimum atomic E-state index is 0.128. The van der Waals surface area contributed by atoms with Crippen molar-refractivity contribution in [3.05, 3.63) is 310 Å². The van der Waals surface area contributed by atoms with Gasteiger partial charge in [0, 0.05) is 44.5 Å². The molecule has 0 saturated heterocycles. The van der Waals surface area contributed by atoms with Crippen LogP contribution in [0.3, 0.4) is 0 Å². The second kappa shape index (κ2) is 20.5. The molecule has 0 unspecified atom stereocenters. The van der Waals surface area contributed by atoms with Gasteiger partial charge in [-0.1, -0.05) is 243 Å². The van der Waals surface area contributed by atoms with E-state index in [1.165, 1.54) is 0 Å². The summed E-state index contributed by atoms with van der Waals surface area (Å²) < 4.78 is 0. The Labute approximate surface area is 461 Å². The smallest absolute Gasteiger partial charge is 0.103 e. The van der Waals surface area contributed by atoms with Crippen LogP contribution in [0.5, 0.6) is 0 Å². The Morgan fingerprint density at radius 1 is 0.225 bits per heavy atom. The maximum Gasteiger partial charge on any atom is 0.103 e. The van der Waals surface area contributed by atoms with Gasteiger partial charge < -0.3 is 9.97 Å². The molecule has 2 aliphatic rings. The number of H-pyrrole nitrogens is 2. The molecule has 0 saturated carbocycles. The molecule has 8 aromatic carbocycles. The van der Waals surface area contributed by atoms with Gasteiger partial charge in [-0.3, -0.25) is 0 Å². The highest BCUT2D eigenvalue weighted by molar-refractivity contribution is 6.17. The number of nitriles is 4. The summed E-state index contributed by atoms with van der Waals surface area (Å²) in [5, 5.41) is 47.0. The molecule has 5 heterocycles. The van der Waals surface area contributed by atoms with Crippen LogP contribution in [0.1, 0.15) is 67.3 Å². The predicted molar refractivity (Wildman–Crippen MR) is 317 cm³/mol. The van der Waals surface area contributed by atoms with Gasteiger partial charge in [-0.25, -0.2) is 9.97 Å². The largest absolute Gasteiger partial charge is 0.352 e. The van der Waals surface area contributed by atoms with Crippen LogP contribution in [-0.4, -0.2) is 19.9 Å². The zero-order valence-corrected chi connectivity index (χ0v) is 42.8. The van der Waals surface area contributed by atoms with E-state index in [2.05, 4.69) is 34.2 Å². The lowest BCUT2D eigenvalue weighted by Gasteiger charge is -2.14. The number of hydrogen-bond donors (Lipinski definition) is 2. The lowest BCUT2D eigenvalue weighted by atomic mass is 9.87. The third-order valence-corrected chi connectivity index (χ3v) is 14.8. The van der Waals surface area contributed by atoms with Crippen LogP contribution in [0.4, 0.5) is 0 Å². The Kier molecular flexibility index (Phi) is 12.3. The van der Waals surface area contributed by atoms with E-state index in [-0.39, 0.29) is 22.3 Å². The van der Waals surface area contributed by atoms with Gasteiger partial charge in [-0.05, 0) is 44.5 Å². The highest BCUT2D eigenvalue weighted by Crippen LogP contribution is 2.52. The molecular weight excluding hydrogens is 977 g/mol. The number of aromatic nitrogens is 4. The van der Waals surface area contributed by atoms with Crippen molar-refractivity contribution in [3.8, 4) is 68.8 Å². The molecule has 11 aromatic rings. The van der Waals surface area contributed by atoms with Crippen molar-refractivity contribution in [3.63, 3.8) is 0 Å². The van der Waals surface area contributed by atoms with Crippen molar-refractivity contribution >= 4 is 44.4 Å². The monoisotopic (exact) mass is 1020 g/mol. The Bertz CT molecular complexity index is 4080. The summed E-state index contributed by atoms with van der Waals surface area (Å²) >= 11 is 0. The molecule has 8 heteroatoms. The van der Waals surface area contributed by atoms with Crippen molar-refractivity contribution in [2.45, 2.75) is 0 Å². The molecule has 0 aliphatic carbocycles. The molecule has 0 spiro atoms. The number of benzene rings is 8. The zero-order chi connectivity index (χ0) is 54.1. The number of hydrogen-bond acceptors (Lipinski definition) is 6. The van der Waals surface area contributed by atoms with Gasteiger partial charge >= 0.3 is 0 Å². The van der Waals surface area contributed by atoms with Crippen molar-refractivity contribution in [1.82, 2.24) is 19.9 Å². The molecule has 8 bridgehead atoms. The summed E-state index contributed by atoms with van der Waals surface area (Å²) in [4.78, 5) is 19.4. The Hall–Kier alpha value is -11.7. The number of nitrogens with one attached hydrogen (secondary N) is 2. The molecular formula is C72H42N8. The summed E-state index contributed by atoms with van der Waals surface area (Å²) in [6, 6.07) is 89.6. The summed E-state index contributed by atoms with van der Waals surface area (Å²) in [6.45, 7) is 0. The fourth-order valence-corrected chi connectivity index (χ4v) is 11.4. The highest BCUT2D eigenvalue weighted by atomic mass is 14.8. The predicted octanol–water partition coefficient (Wildman–Crippen LogP) is 16.5. The molecule has 370 valence electrons. The third kappa shape index (κ3) is 7.98. The summed E-state index contributed by atoms with van der Waals surface area (Å²) in [5.41, 5.74) is 15.6. The van der Waals surface area contributed by atoms with Crippen molar-refractivity contribution in [2.24, 2.45) is 0 Å². The average molecular weight is 1020 g/mol. The Morgan fingerprint density at radius 3 is 0.550 bits per heavy atom. The van der Waals surface area contributed by atoms with Crippen LogP contribution in [0.2, 0.25) is 0 Å². The molecule has 80 heavy (non-hydrogen) atoms. The van der Waals surface area contributed by atoms with Crippen LogP contribution in [0.25, 0.3) is 88.9 Å². The molecule has 3 aromatic heterocycles. The highest BCUT2D eigenvalue weighted by Gasteiger charge is 2.35. The lowest BCUT2D eigenvalue weighted by molar-refractivity contribution is 1.29. The summed E-state index contributed by atoms with van der Waals surface area (Å²) in [5.74, 6) is 0. The van der Waals surface area contributed by atoms with Gasteiger partial charge in [0.25, 0.3) is 0 Å². The van der Waals surface area contributed by atoms with E-state index in [1.807, 2.05) is 243 Å². The quantitative estimate of drug-likeness (QED) is 0.155. The van der Waals surface area contributed by atoms with Crippen LogP contribution in [0, 0.1) is 45.3 Å². The fraction of sp³-hybridized carbons (Fsp3) is 0. The molecule has 0 amide bonds. The first-order valence-electron chi connectivity index (χ1n) is 26.1. The Balaban J connectivity index is 1.43. The topological polar surface area (TPSA) is 153 Å². The van der Waals surface area contributed by atoms with E-state index in [9.17, 15) is 21.0 Å². The van der Waals surface area contributed by atoms with Crippen molar-refractivity contribution in [2.75, 3.05) is 0 Å². The van der Waals surface area contributed by atoms with Gasteiger partial charge in [0.2, 0.25) is 0 Å². The minimum absolute atomic E-state index is 0.128.